The van der Waals surface area contributed by atoms with Gasteiger partial charge in [-0.2, -0.15) is 5.26 Å². The van der Waals surface area contributed by atoms with Crippen molar-refractivity contribution in [3.8, 4) is 11.8 Å². The van der Waals surface area contributed by atoms with Gasteiger partial charge in [0, 0.05) is 28.5 Å². The zero-order valence-electron chi connectivity index (χ0n) is 15.3. The lowest BCUT2D eigenvalue weighted by atomic mass is 10.1. The van der Waals surface area contributed by atoms with Gasteiger partial charge in [0.2, 0.25) is 5.91 Å². The summed E-state index contributed by atoms with van der Waals surface area (Å²) in [6.07, 6.45) is 0. The Bertz CT molecular complexity index is 930. The van der Waals surface area contributed by atoms with Gasteiger partial charge in [-0.15, -0.1) is 0 Å². The fourth-order valence-electron chi connectivity index (χ4n) is 2.59. The number of halogens is 1. The molecule has 0 bridgehead atoms. The van der Waals surface area contributed by atoms with Crippen LogP contribution in [0.2, 0.25) is 0 Å². The summed E-state index contributed by atoms with van der Waals surface area (Å²) in [6.45, 7) is 4.07. The molecule has 0 saturated heterocycles. The van der Waals surface area contributed by atoms with Crippen LogP contribution < -0.4 is 15.6 Å². The standard InChI is InChI=1S/C19H20BrN3O4/c1-4-27-14-7-5-13(6-8-14)22-17(24)10-23-12(2)18(20)16(11-26-3)15(9-21)19(23)25/h5-8H,4,10-11H2,1-3H3,(H,22,24). The first kappa shape index (κ1) is 20.7. The number of aromatic nitrogens is 1. The normalized spacial score (nSPS) is 10.3. The third kappa shape index (κ3) is 4.76. The summed E-state index contributed by atoms with van der Waals surface area (Å²) in [7, 11) is 1.48. The fourth-order valence-corrected chi connectivity index (χ4v) is 3.12. The van der Waals surface area contributed by atoms with Gasteiger partial charge in [0.1, 0.15) is 23.9 Å². The van der Waals surface area contributed by atoms with Crippen molar-refractivity contribution in [2.45, 2.75) is 27.0 Å². The van der Waals surface area contributed by atoms with Crippen molar-refractivity contribution >= 4 is 27.5 Å². The molecule has 2 aromatic rings. The number of nitrogens with zero attached hydrogens (tertiary/aromatic N) is 2. The summed E-state index contributed by atoms with van der Waals surface area (Å²) in [5.41, 5.74) is 1.05. The minimum absolute atomic E-state index is 0.0387. The van der Waals surface area contributed by atoms with Crippen LogP contribution in [0.5, 0.6) is 5.75 Å². The molecule has 0 spiro atoms. The van der Waals surface area contributed by atoms with E-state index in [1.807, 2.05) is 13.0 Å². The summed E-state index contributed by atoms with van der Waals surface area (Å²) in [5.74, 6) is 0.332. The van der Waals surface area contributed by atoms with Gasteiger partial charge in [0.15, 0.2) is 0 Å². The number of amides is 1. The number of anilines is 1. The van der Waals surface area contributed by atoms with E-state index in [-0.39, 0.29) is 24.6 Å². The van der Waals surface area contributed by atoms with Gasteiger partial charge in [0.05, 0.1) is 13.2 Å². The molecule has 1 aromatic carbocycles. The summed E-state index contributed by atoms with van der Waals surface area (Å²) in [4.78, 5) is 25.0. The van der Waals surface area contributed by atoms with Crippen LogP contribution in [0.25, 0.3) is 0 Å². The Morgan fingerprint density at radius 2 is 2.00 bits per heavy atom. The molecule has 1 aromatic heterocycles. The predicted octanol–water partition coefficient (Wildman–Crippen LogP) is 2.97. The molecule has 0 fully saturated rings. The minimum Gasteiger partial charge on any atom is -0.494 e. The van der Waals surface area contributed by atoms with Crippen molar-refractivity contribution in [2.24, 2.45) is 0 Å². The molecule has 2 rings (SSSR count). The van der Waals surface area contributed by atoms with Gasteiger partial charge in [0.25, 0.3) is 5.56 Å². The highest BCUT2D eigenvalue weighted by molar-refractivity contribution is 9.10. The third-order valence-electron chi connectivity index (χ3n) is 3.90. The van der Waals surface area contributed by atoms with E-state index < -0.39 is 5.56 Å². The quantitative estimate of drug-likeness (QED) is 0.724. The smallest absolute Gasteiger partial charge is 0.269 e. The summed E-state index contributed by atoms with van der Waals surface area (Å²) in [5, 5.41) is 12.1. The molecular formula is C19H20BrN3O4. The van der Waals surface area contributed by atoms with Crippen molar-refractivity contribution in [3.05, 3.63) is 55.9 Å². The zero-order valence-corrected chi connectivity index (χ0v) is 16.9. The highest BCUT2D eigenvalue weighted by atomic mass is 79.9. The number of carbonyl (C=O) groups is 1. The van der Waals surface area contributed by atoms with E-state index in [1.54, 1.807) is 31.2 Å². The molecule has 0 aliphatic carbocycles. The van der Waals surface area contributed by atoms with Gasteiger partial charge in [-0.1, -0.05) is 0 Å². The van der Waals surface area contributed by atoms with Crippen LogP contribution in [0.1, 0.15) is 23.7 Å². The molecule has 0 aliphatic rings. The third-order valence-corrected chi connectivity index (χ3v) is 4.95. The van der Waals surface area contributed by atoms with E-state index in [1.165, 1.54) is 11.7 Å². The van der Waals surface area contributed by atoms with E-state index in [4.69, 9.17) is 9.47 Å². The number of pyridine rings is 1. The number of nitriles is 1. The second-order valence-electron chi connectivity index (χ2n) is 5.69. The Morgan fingerprint density at radius 1 is 1.33 bits per heavy atom. The maximum atomic E-state index is 12.6. The van der Waals surface area contributed by atoms with Crippen molar-refractivity contribution in [1.82, 2.24) is 4.57 Å². The molecule has 1 N–H and O–H groups in total. The van der Waals surface area contributed by atoms with Crippen LogP contribution in [0.3, 0.4) is 0 Å². The Labute approximate surface area is 165 Å². The van der Waals surface area contributed by atoms with Gasteiger partial charge in [-0.3, -0.25) is 9.59 Å². The van der Waals surface area contributed by atoms with E-state index in [0.717, 1.165) is 0 Å². The maximum Gasteiger partial charge on any atom is 0.269 e. The van der Waals surface area contributed by atoms with Crippen LogP contribution in [-0.2, 0) is 22.7 Å². The Balaban J connectivity index is 2.26. The minimum atomic E-state index is -0.521. The predicted molar refractivity (Wildman–Crippen MR) is 105 cm³/mol. The second-order valence-corrected chi connectivity index (χ2v) is 6.49. The lowest BCUT2D eigenvalue weighted by Gasteiger charge is -2.16. The summed E-state index contributed by atoms with van der Waals surface area (Å²) in [6, 6.07) is 8.85. The lowest BCUT2D eigenvalue weighted by Crippen LogP contribution is -2.32. The molecular weight excluding hydrogens is 414 g/mol. The highest BCUT2D eigenvalue weighted by Gasteiger charge is 2.19. The molecule has 0 atom stereocenters. The number of hydrogen-bond donors (Lipinski definition) is 1. The Morgan fingerprint density at radius 3 is 2.56 bits per heavy atom. The first-order valence-electron chi connectivity index (χ1n) is 8.26. The second kappa shape index (κ2) is 9.35. The number of methoxy groups -OCH3 is 1. The fraction of sp³-hybridized carbons (Fsp3) is 0.316. The van der Waals surface area contributed by atoms with Crippen molar-refractivity contribution in [2.75, 3.05) is 19.0 Å². The van der Waals surface area contributed by atoms with Crippen molar-refractivity contribution in [1.29, 1.82) is 5.26 Å². The molecule has 142 valence electrons. The van der Waals surface area contributed by atoms with E-state index >= 15 is 0 Å². The molecule has 1 amide bonds. The molecule has 0 saturated carbocycles. The van der Waals surface area contributed by atoms with Gasteiger partial charge >= 0.3 is 0 Å². The number of carbonyl (C=O) groups excluding carboxylic acids is 1. The van der Waals surface area contributed by atoms with E-state index in [0.29, 0.717) is 33.8 Å². The van der Waals surface area contributed by atoms with Crippen molar-refractivity contribution < 1.29 is 14.3 Å². The molecule has 1 heterocycles. The number of ether oxygens (including phenoxy) is 2. The average molecular weight is 434 g/mol. The Hall–Kier alpha value is -2.63. The lowest BCUT2D eigenvalue weighted by molar-refractivity contribution is -0.116. The van der Waals surface area contributed by atoms with Crippen LogP contribution in [0.4, 0.5) is 5.69 Å². The molecule has 0 unspecified atom stereocenters. The van der Waals surface area contributed by atoms with Crippen LogP contribution in [0, 0.1) is 18.3 Å². The average Bonchev–Trinajstić information content (AvgIpc) is 2.65. The summed E-state index contributed by atoms with van der Waals surface area (Å²) >= 11 is 3.40. The first-order chi connectivity index (χ1) is 12.9. The van der Waals surface area contributed by atoms with Crippen LogP contribution in [0.15, 0.2) is 33.5 Å². The van der Waals surface area contributed by atoms with E-state index in [2.05, 4.69) is 21.2 Å². The van der Waals surface area contributed by atoms with Gasteiger partial charge < -0.3 is 19.4 Å². The topological polar surface area (TPSA) is 93.3 Å². The van der Waals surface area contributed by atoms with E-state index in [9.17, 15) is 14.9 Å². The number of nitrogens with one attached hydrogen (secondary N) is 1. The van der Waals surface area contributed by atoms with Gasteiger partial charge in [-0.05, 0) is 54.0 Å². The zero-order chi connectivity index (χ0) is 20.0. The molecule has 27 heavy (non-hydrogen) atoms. The monoisotopic (exact) mass is 433 g/mol. The van der Waals surface area contributed by atoms with Gasteiger partial charge in [-0.25, -0.2) is 0 Å². The summed E-state index contributed by atoms with van der Waals surface area (Å²) < 4.78 is 12.3. The molecule has 7 nitrogen and oxygen atoms in total. The Kier molecular flexibility index (Phi) is 7.16. The highest BCUT2D eigenvalue weighted by Crippen LogP contribution is 2.23. The number of rotatable bonds is 7. The SMILES string of the molecule is CCOc1ccc(NC(=O)Cn2c(C)c(Br)c(COC)c(C#N)c2=O)cc1. The number of hydrogen-bond acceptors (Lipinski definition) is 5. The molecule has 0 radical (unpaired) electrons. The van der Waals surface area contributed by atoms with Crippen LogP contribution >= 0.6 is 15.9 Å². The van der Waals surface area contributed by atoms with Crippen LogP contribution in [-0.4, -0.2) is 24.2 Å². The molecule has 8 heteroatoms. The number of benzene rings is 1. The largest absolute Gasteiger partial charge is 0.494 e. The maximum absolute atomic E-state index is 12.6. The van der Waals surface area contributed by atoms with Crippen molar-refractivity contribution in [3.63, 3.8) is 0 Å². The molecule has 0 aliphatic heterocycles. The first-order valence-corrected chi connectivity index (χ1v) is 9.05.